The Bertz CT molecular complexity index is 282. The van der Waals surface area contributed by atoms with Gasteiger partial charge in [0, 0.05) is 12.3 Å². The minimum Gasteiger partial charge on any atom is -0.458 e. The Morgan fingerprint density at radius 3 is 2.79 bits per heavy atom. The smallest absolute Gasteiger partial charge is 0.306 e. The van der Waals surface area contributed by atoms with Crippen molar-refractivity contribution < 1.29 is 9.53 Å². The molecule has 0 radical (unpaired) electrons. The number of hydrogen-bond acceptors (Lipinski definition) is 2. The third kappa shape index (κ3) is 1.20. The van der Waals surface area contributed by atoms with E-state index in [0.29, 0.717) is 18.3 Å². The van der Waals surface area contributed by atoms with Gasteiger partial charge in [0.1, 0.15) is 5.60 Å². The van der Waals surface area contributed by atoms with Crippen molar-refractivity contribution in [3.63, 3.8) is 0 Å². The van der Waals surface area contributed by atoms with Crippen LogP contribution in [0.1, 0.15) is 39.5 Å². The van der Waals surface area contributed by atoms with Crippen molar-refractivity contribution >= 4 is 5.97 Å². The number of carbonyl (C=O) groups is 1. The largest absolute Gasteiger partial charge is 0.458 e. The summed E-state index contributed by atoms with van der Waals surface area (Å²) in [6.45, 7) is 8.27. The predicted molar refractivity (Wildman–Crippen MR) is 54.8 cm³/mol. The number of hydrogen-bond donors (Lipinski definition) is 0. The van der Waals surface area contributed by atoms with Gasteiger partial charge in [0.2, 0.25) is 0 Å². The lowest BCUT2D eigenvalue weighted by atomic mass is 9.79. The minimum atomic E-state index is -0.192. The molecule has 78 valence electrons. The first kappa shape index (κ1) is 9.75. The molecular weight excluding hydrogens is 176 g/mol. The molecular formula is C12H18O2. The summed E-state index contributed by atoms with van der Waals surface area (Å²) >= 11 is 0. The zero-order valence-corrected chi connectivity index (χ0v) is 9.01. The van der Waals surface area contributed by atoms with Crippen molar-refractivity contribution in [3.8, 4) is 0 Å². The van der Waals surface area contributed by atoms with Crippen LogP contribution >= 0.6 is 0 Å². The van der Waals surface area contributed by atoms with Gasteiger partial charge in [-0.1, -0.05) is 19.1 Å². The van der Waals surface area contributed by atoms with Crippen molar-refractivity contribution in [2.75, 3.05) is 0 Å². The van der Waals surface area contributed by atoms with Crippen molar-refractivity contribution in [2.45, 2.75) is 45.1 Å². The van der Waals surface area contributed by atoms with Crippen LogP contribution in [-0.4, -0.2) is 11.6 Å². The SMILES string of the molecule is C=C(C)[C@H]1CC[C@@H](C)[C@@]12CCC(=O)O2. The summed E-state index contributed by atoms with van der Waals surface area (Å²) in [5.41, 5.74) is 0.979. The number of ether oxygens (including phenoxy) is 1. The summed E-state index contributed by atoms with van der Waals surface area (Å²) in [7, 11) is 0. The second-order valence-corrected chi connectivity index (χ2v) is 4.81. The summed E-state index contributed by atoms with van der Waals surface area (Å²) in [4.78, 5) is 11.3. The van der Waals surface area contributed by atoms with Gasteiger partial charge >= 0.3 is 5.97 Å². The fraction of sp³-hybridized carbons (Fsp3) is 0.750. The standard InChI is InChI=1S/C12H18O2/c1-8(2)10-5-4-9(3)12(10)7-6-11(13)14-12/h9-10H,1,4-7H2,2-3H3/t9-,10-,12+/m1/s1. The monoisotopic (exact) mass is 194 g/mol. The van der Waals surface area contributed by atoms with Crippen molar-refractivity contribution in [1.82, 2.24) is 0 Å². The Labute approximate surface area is 85.3 Å². The van der Waals surface area contributed by atoms with Crippen LogP contribution in [0.4, 0.5) is 0 Å². The van der Waals surface area contributed by atoms with Gasteiger partial charge in [-0.3, -0.25) is 4.79 Å². The molecule has 2 nitrogen and oxygen atoms in total. The van der Waals surface area contributed by atoms with Crippen LogP contribution in [0.2, 0.25) is 0 Å². The highest BCUT2D eigenvalue weighted by atomic mass is 16.6. The van der Waals surface area contributed by atoms with Gasteiger partial charge in [0.05, 0.1) is 0 Å². The fourth-order valence-corrected chi connectivity index (χ4v) is 3.12. The van der Waals surface area contributed by atoms with Crippen LogP contribution < -0.4 is 0 Å². The molecule has 0 N–H and O–H groups in total. The summed E-state index contributed by atoms with van der Waals surface area (Å²) in [6.07, 6.45) is 3.77. The summed E-state index contributed by atoms with van der Waals surface area (Å²) in [6, 6.07) is 0. The predicted octanol–water partition coefficient (Wildman–Crippen LogP) is 2.68. The lowest BCUT2D eigenvalue weighted by Gasteiger charge is -2.33. The zero-order valence-electron chi connectivity index (χ0n) is 9.01. The highest BCUT2D eigenvalue weighted by Crippen LogP contribution is 2.51. The lowest BCUT2D eigenvalue weighted by Crippen LogP contribution is -2.38. The second-order valence-electron chi connectivity index (χ2n) is 4.81. The summed E-state index contributed by atoms with van der Waals surface area (Å²) in [5.74, 6) is 0.865. The molecule has 2 fully saturated rings. The Morgan fingerprint density at radius 2 is 2.29 bits per heavy atom. The van der Waals surface area contributed by atoms with Gasteiger partial charge in [0.25, 0.3) is 0 Å². The van der Waals surface area contributed by atoms with Crippen LogP contribution in [0.25, 0.3) is 0 Å². The quantitative estimate of drug-likeness (QED) is 0.474. The lowest BCUT2D eigenvalue weighted by molar-refractivity contribution is -0.153. The van der Waals surface area contributed by atoms with Crippen LogP contribution in [-0.2, 0) is 9.53 Å². The summed E-state index contributed by atoms with van der Waals surface area (Å²) in [5, 5.41) is 0. The van der Waals surface area contributed by atoms with E-state index in [0.717, 1.165) is 19.3 Å². The van der Waals surface area contributed by atoms with E-state index in [4.69, 9.17) is 4.74 Å². The minimum absolute atomic E-state index is 0.0231. The van der Waals surface area contributed by atoms with E-state index in [1.54, 1.807) is 0 Å². The molecule has 2 heteroatoms. The third-order valence-corrected chi connectivity index (χ3v) is 3.93. The molecule has 0 aromatic carbocycles. The molecule has 0 unspecified atom stereocenters. The molecule has 2 aliphatic rings. The van der Waals surface area contributed by atoms with E-state index in [2.05, 4.69) is 20.4 Å². The van der Waals surface area contributed by atoms with Gasteiger partial charge in [-0.05, 0) is 32.1 Å². The van der Waals surface area contributed by atoms with Gasteiger partial charge in [-0.15, -0.1) is 0 Å². The molecule has 1 saturated carbocycles. The van der Waals surface area contributed by atoms with Gasteiger partial charge in [0.15, 0.2) is 0 Å². The van der Waals surface area contributed by atoms with E-state index < -0.39 is 0 Å². The van der Waals surface area contributed by atoms with Crippen molar-refractivity contribution in [3.05, 3.63) is 12.2 Å². The van der Waals surface area contributed by atoms with E-state index >= 15 is 0 Å². The first-order valence-electron chi connectivity index (χ1n) is 5.43. The number of esters is 1. The zero-order chi connectivity index (χ0) is 10.3. The first-order valence-corrected chi connectivity index (χ1v) is 5.43. The first-order chi connectivity index (χ1) is 6.56. The Balaban J connectivity index is 2.29. The van der Waals surface area contributed by atoms with Crippen molar-refractivity contribution in [2.24, 2.45) is 11.8 Å². The Morgan fingerprint density at radius 1 is 1.57 bits per heavy atom. The van der Waals surface area contributed by atoms with Crippen LogP contribution in [0.5, 0.6) is 0 Å². The average molecular weight is 194 g/mol. The molecule has 1 aliphatic carbocycles. The maximum Gasteiger partial charge on any atom is 0.306 e. The van der Waals surface area contributed by atoms with Gasteiger partial charge in [-0.2, -0.15) is 0 Å². The second kappa shape index (κ2) is 3.11. The molecule has 3 atom stereocenters. The molecule has 0 bridgehead atoms. The van der Waals surface area contributed by atoms with E-state index in [9.17, 15) is 4.79 Å². The maximum atomic E-state index is 11.3. The normalized spacial score (nSPS) is 41.7. The molecule has 14 heavy (non-hydrogen) atoms. The van der Waals surface area contributed by atoms with E-state index in [-0.39, 0.29) is 11.6 Å². The molecule has 1 heterocycles. The Hall–Kier alpha value is -0.790. The molecule has 1 aliphatic heterocycles. The molecule has 2 rings (SSSR count). The molecule has 0 aromatic rings. The number of rotatable bonds is 1. The van der Waals surface area contributed by atoms with Gasteiger partial charge in [-0.25, -0.2) is 0 Å². The van der Waals surface area contributed by atoms with Crippen LogP contribution in [0.3, 0.4) is 0 Å². The maximum absolute atomic E-state index is 11.3. The van der Waals surface area contributed by atoms with E-state index in [1.165, 1.54) is 5.57 Å². The molecule has 0 aromatic heterocycles. The van der Waals surface area contributed by atoms with Crippen LogP contribution in [0.15, 0.2) is 12.2 Å². The van der Waals surface area contributed by atoms with E-state index in [1.807, 2.05) is 0 Å². The van der Waals surface area contributed by atoms with Crippen LogP contribution in [0, 0.1) is 11.8 Å². The summed E-state index contributed by atoms with van der Waals surface area (Å²) < 4.78 is 5.60. The van der Waals surface area contributed by atoms with Crippen molar-refractivity contribution in [1.29, 1.82) is 0 Å². The molecule has 1 spiro atoms. The molecule has 0 amide bonds. The number of carbonyl (C=O) groups excluding carboxylic acids is 1. The third-order valence-electron chi connectivity index (χ3n) is 3.93. The average Bonchev–Trinajstić information content (AvgIpc) is 2.61. The Kier molecular flexibility index (Phi) is 2.17. The molecule has 1 saturated heterocycles. The highest BCUT2D eigenvalue weighted by molar-refractivity contribution is 5.72. The fourth-order valence-electron chi connectivity index (χ4n) is 3.12. The highest BCUT2D eigenvalue weighted by Gasteiger charge is 2.54. The topological polar surface area (TPSA) is 26.3 Å². The van der Waals surface area contributed by atoms with Gasteiger partial charge < -0.3 is 4.74 Å².